The van der Waals surface area contributed by atoms with Crippen molar-refractivity contribution in [3.63, 3.8) is 0 Å². The van der Waals surface area contributed by atoms with E-state index >= 15 is 0 Å². The summed E-state index contributed by atoms with van der Waals surface area (Å²) in [6, 6.07) is 7.71. The van der Waals surface area contributed by atoms with Gasteiger partial charge in [0.1, 0.15) is 0 Å². The Morgan fingerprint density at radius 2 is 2.00 bits per heavy atom. The molecule has 1 aromatic rings. The Hall–Kier alpha value is -1.00. The molecule has 18 heavy (non-hydrogen) atoms. The molecule has 0 heterocycles. The SMILES string of the molecule is COCC(C)NC(=O)c1ccccc1SC(C)C. The third-order valence-corrected chi connectivity index (χ3v) is 3.37. The molecule has 0 radical (unpaired) electrons. The number of nitrogens with one attached hydrogen (secondary N) is 1. The molecule has 100 valence electrons. The monoisotopic (exact) mass is 267 g/mol. The van der Waals surface area contributed by atoms with Crippen LogP contribution in [-0.2, 0) is 4.74 Å². The van der Waals surface area contributed by atoms with Crippen molar-refractivity contribution in [3.05, 3.63) is 29.8 Å². The van der Waals surface area contributed by atoms with Crippen LogP contribution >= 0.6 is 11.8 Å². The van der Waals surface area contributed by atoms with Crippen LogP contribution in [0.5, 0.6) is 0 Å². The zero-order chi connectivity index (χ0) is 13.5. The maximum atomic E-state index is 12.2. The number of hydrogen-bond acceptors (Lipinski definition) is 3. The topological polar surface area (TPSA) is 38.3 Å². The quantitative estimate of drug-likeness (QED) is 0.805. The Bertz CT molecular complexity index is 393. The minimum absolute atomic E-state index is 0.0135. The highest BCUT2D eigenvalue weighted by Gasteiger charge is 2.14. The van der Waals surface area contributed by atoms with Gasteiger partial charge in [-0.15, -0.1) is 11.8 Å². The predicted octanol–water partition coefficient (Wildman–Crippen LogP) is 2.95. The van der Waals surface area contributed by atoms with Crippen LogP contribution in [-0.4, -0.2) is 30.9 Å². The van der Waals surface area contributed by atoms with Crippen molar-refractivity contribution >= 4 is 17.7 Å². The van der Waals surface area contributed by atoms with Crippen LogP contribution in [0, 0.1) is 0 Å². The third kappa shape index (κ3) is 4.70. The zero-order valence-electron chi connectivity index (χ0n) is 11.4. The Labute approximate surface area is 113 Å². The lowest BCUT2D eigenvalue weighted by Gasteiger charge is -2.15. The smallest absolute Gasteiger partial charge is 0.252 e. The van der Waals surface area contributed by atoms with Gasteiger partial charge in [-0.2, -0.15) is 0 Å². The lowest BCUT2D eigenvalue weighted by molar-refractivity contribution is 0.0902. The summed E-state index contributed by atoms with van der Waals surface area (Å²) < 4.78 is 5.02. The summed E-state index contributed by atoms with van der Waals surface area (Å²) in [4.78, 5) is 13.2. The first kappa shape index (κ1) is 15.1. The van der Waals surface area contributed by atoms with Gasteiger partial charge in [0, 0.05) is 23.3 Å². The number of methoxy groups -OCH3 is 1. The van der Waals surface area contributed by atoms with Gasteiger partial charge in [-0.1, -0.05) is 26.0 Å². The number of thioether (sulfide) groups is 1. The van der Waals surface area contributed by atoms with Crippen LogP contribution in [0.15, 0.2) is 29.2 Å². The van der Waals surface area contributed by atoms with Crippen LogP contribution in [0.1, 0.15) is 31.1 Å². The molecular weight excluding hydrogens is 246 g/mol. The number of benzene rings is 1. The molecule has 1 amide bonds. The molecule has 1 N–H and O–H groups in total. The molecule has 0 bridgehead atoms. The van der Waals surface area contributed by atoms with Crippen molar-refractivity contribution in [3.8, 4) is 0 Å². The fraction of sp³-hybridized carbons (Fsp3) is 0.500. The van der Waals surface area contributed by atoms with Crippen LogP contribution < -0.4 is 5.32 Å². The molecule has 0 aliphatic heterocycles. The number of ether oxygens (including phenoxy) is 1. The highest BCUT2D eigenvalue weighted by atomic mass is 32.2. The number of carbonyl (C=O) groups excluding carboxylic acids is 1. The molecule has 0 aromatic heterocycles. The van der Waals surface area contributed by atoms with Gasteiger partial charge < -0.3 is 10.1 Å². The molecule has 0 saturated heterocycles. The molecule has 3 nitrogen and oxygen atoms in total. The first-order chi connectivity index (χ1) is 8.54. The summed E-state index contributed by atoms with van der Waals surface area (Å²) >= 11 is 1.70. The van der Waals surface area contributed by atoms with E-state index in [-0.39, 0.29) is 11.9 Å². The molecule has 1 aromatic carbocycles. The number of hydrogen-bond donors (Lipinski definition) is 1. The maximum Gasteiger partial charge on any atom is 0.252 e. The van der Waals surface area contributed by atoms with E-state index in [4.69, 9.17) is 4.74 Å². The Kier molecular flexibility index (Phi) is 6.22. The van der Waals surface area contributed by atoms with Crippen LogP contribution in [0.4, 0.5) is 0 Å². The molecule has 0 aliphatic carbocycles. The van der Waals surface area contributed by atoms with Crippen LogP contribution in [0.3, 0.4) is 0 Å². The second-order valence-electron chi connectivity index (χ2n) is 4.49. The Balaban J connectivity index is 2.78. The van der Waals surface area contributed by atoms with Gasteiger partial charge >= 0.3 is 0 Å². The minimum Gasteiger partial charge on any atom is -0.383 e. The van der Waals surface area contributed by atoms with E-state index in [0.717, 1.165) is 10.5 Å². The number of carbonyl (C=O) groups is 1. The van der Waals surface area contributed by atoms with E-state index in [1.165, 1.54) is 0 Å². The minimum atomic E-state index is -0.0386. The van der Waals surface area contributed by atoms with E-state index < -0.39 is 0 Å². The molecule has 1 unspecified atom stereocenters. The van der Waals surface area contributed by atoms with Crippen molar-refractivity contribution < 1.29 is 9.53 Å². The molecule has 0 fully saturated rings. The highest BCUT2D eigenvalue weighted by Crippen LogP contribution is 2.26. The summed E-state index contributed by atoms with van der Waals surface area (Å²) in [5.41, 5.74) is 0.735. The largest absolute Gasteiger partial charge is 0.383 e. The van der Waals surface area contributed by atoms with Gasteiger partial charge in [-0.3, -0.25) is 4.79 Å². The zero-order valence-corrected chi connectivity index (χ0v) is 12.2. The molecule has 4 heteroatoms. The van der Waals surface area contributed by atoms with Gasteiger partial charge in [0.15, 0.2) is 0 Å². The fourth-order valence-electron chi connectivity index (χ4n) is 1.60. The van der Waals surface area contributed by atoms with Crippen molar-refractivity contribution in [1.29, 1.82) is 0 Å². The standard InChI is InChI=1S/C14H21NO2S/c1-10(2)18-13-8-6-5-7-12(13)14(16)15-11(3)9-17-4/h5-8,10-11H,9H2,1-4H3,(H,15,16). The molecule has 1 atom stereocenters. The lowest BCUT2D eigenvalue weighted by Crippen LogP contribution is -2.35. The summed E-state index contributed by atoms with van der Waals surface area (Å²) in [6.07, 6.45) is 0. The van der Waals surface area contributed by atoms with E-state index in [1.807, 2.05) is 31.2 Å². The average Bonchev–Trinajstić information content (AvgIpc) is 2.28. The Morgan fingerprint density at radius 1 is 1.33 bits per heavy atom. The summed E-state index contributed by atoms with van der Waals surface area (Å²) in [7, 11) is 1.63. The molecule has 0 spiro atoms. The van der Waals surface area contributed by atoms with Crippen molar-refractivity contribution in [2.75, 3.05) is 13.7 Å². The number of amides is 1. The molecule has 1 rings (SSSR count). The summed E-state index contributed by atoms with van der Waals surface area (Å²) in [5, 5.41) is 3.39. The predicted molar refractivity (Wildman–Crippen MR) is 76.2 cm³/mol. The normalized spacial score (nSPS) is 12.5. The Morgan fingerprint density at radius 3 is 2.61 bits per heavy atom. The molecular formula is C14H21NO2S. The van der Waals surface area contributed by atoms with Crippen molar-refractivity contribution in [1.82, 2.24) is 5.32 Å². The summed E-state index contributed by atoms with van der Waals surface area (Å²) in [6.45, 7) is 6.69. The van der Waals surface area contributed by atoms with Gasteiger partial charge in [0.05, 0.1) is 12.2 Å². The van der Waals surface area contributed by atoms with Crippen molar-refractivity contribution in [2.24, 2.45) is 0 Å². The molecule has 0 aliphatic rings. The van der Waals surface area contributed by atoms with Gasteiger partial charge in [-0.25, -0.2) is 0 Å². The second-order valence-corrected chi connectivity index (χ2v) is 6.11. The average molecular weight is 267 g/mol. The number of rotatable bonds is 6. The maximum absolute atomic E-state index is 12.2. The van der Waals surface area contributed by atoms with Gasteiger partial charge in [0.25, 0.3) is 5.91 Å². The van der Waals surface area contributed by atoms with Crippen LogP contribution in [0.25, 0.3) is 0 Å². The second kappa shape index (κ2) is 7.44. The van der Waals surface area contributed by atoms with Crippen molar-refractivity contribution in [2.45, 2.75) is 37.0 Å². The third-order valence-electron chi connectivity index (χ3n) is 2.29. The summed E-state index contributed by atoms with van der Waals surface area (Å²) in [5.74, 6) is -0.0386. The lowest BCUT2D eigenvalue weighted by atomic mass is 10.2. The van der Waals surface area contributed by atoms with E-state index in [2.05, 4.69) is 19.2 Å². The molecule has 0 saturated carbocycles. The highest BCUT2D eigenvalue weighted by molar-refractivity contribution is 8.00. The van der Waals surface area contributed by atoms with Gasteiger partial charge in [-0.05, 0) is 19.1 Å². The van der Waals surface area contributed by atoms with E-state index in [1.54, 1.807) is 18.9 Å². The van der Waals surface area contributed by atoms with E-state index in [9.17, 15) is 4.79 Å². The first-order valence-corrected chi connectivity index (χ1v) is 6.98. The van der Waals surface area contributed by atoms with Gasteiger partial charge in [0.2, 0.25) is 0 Å². The first-order valence-electron chi connectivity index (χ1n) is 6.10. The van der Waals surface area contributed by atoms with Crippen LogP contribution in [0.2, 0.25) is 0 Å². The fourth-order valence-corrected chi connectivity index (χ4v) is 2.56. The van der Waals surface area contributed by atoms with E-state index in [0.29, 0.717) is 11.9 Å².